The largest absolute Gasteiger partial charge is 0.444 e. The molecule has 0 saturated heterocycles. The summed E-state index contributed by atoms with van der Waals surface area (Å²) in [5.41, 5.74) is -0.540. The Morgan fingerprint density at radius 1 is 1.17 bits per heavy atom. The van der Waals surface area contributed by atoms with Gasteiger partial charge >= 0.3 is 6.09 Å². The molecule has 0 rings (SSSR count). The van der Waals surface area contributed by atoms with Gasteiger partial charge in [-0.05, 0) is 58.7 Å². The molecule has 23 heavy (non-hydrogen) atoms. The van der Waals surface area contributed by atoms with Crippen molar-refractivity contribution in [2.24, 2.45) is 0 Å². The van der Waals surface area contributed by atoms with Gasteiger partial charge in [-0.25, -0.2) is 4.79 Å². The Morgan fingerprint density at radius 2 is 1.70 bits per heavy atom. The molecule has 0 aromatic carbocycles. The zero-order chi connectivity index (χ0) is 18.5. The molecule has 3 N–H and O–H groups in total. The predicted octanol–water partition coefficient (Wildman–Crippen LogP) is 3.80. The van der Waals surface area contributed by atoms with Crippen LogP contribution < -0.4 is 5.32 Å². The average molecular weight is 348 g/mol. The van der Waals surface area contributed by atoms with E-state index in [2.05, 4.69) is 19.2 Å². The minimum Gasteiger partial charge on any atom is -0.444 e. The fourth-order valence-electron chi connectivity index (χ4n) is 2.07. The van der Waals surface area contributed by atoms with Crippen LogP contribution in [0.1, 0.15) is 67.2 Å². The predicted molar refractivity (Wildman–Crippen MR) is 97.0 cm³/mol. The third-order valence-electron chi connectivity index (χ3n) is 4.53. The minimum atomic E-state index is -2.16. The van der Waals surface area contributed by atoms with Crippen molar-refractivity contribution in [2.75, 3.05) is 0 Å². The average Bonchev–Trinajstić information content (AvgIpc) is 2.30. The molecule has 138 valence electrons. The first kappa shape index (κ1) is 22.4. The number of aliphatic hydroxyl groups is 1. The first-order chi connectivity index (χ1) is 10.2. The highest BCUT2D eigenvalue weighted by atomic mass is 28.4. The lowest BCUT2D eigenvalue weighted by atomic mass is 10.0. The standard InChI is InChI=1S/C17H37NO4Si/c1-13(18-15(20)22-16(2,3)4)14(19)11-9-10-12-17(5,6)23(7,8)21/h13-14,19,21H,9-12H2,1-8H3,(H,18,20)/t13-,14?/m0/s1. The molecule has 0 spiro atoms. The van der Waals surface area contributed by atoms with Gasteiger partial charge in [0.05, 0.1) is 12.1 Å². The van der Waals surface area contributed by atoms with Crippen molar-refractivity contribution in [3.05, 3.63) is 0 Å². The summed E-state index contributed by atoms with van der Waals surface area (Å²) in [5.74, 6) is 0. The smallest absolute Gasteiger partial charge is 0.407 e. The molecular weight excluding hydrogens is 310 g/mol. The first-order valence-corrected chi connectivity index (χ1v) is 11.5. The molecule has 0 bridgehead atoms. The summed E-state index contributed by atoms with van der Waals surface area (Å²) in [6, 6.07) is -0.346. The summed E-state index contributed by atoms with van der Waals surface area (Å²) >= 11 is 0. The Hall–Kier alpha value is -0.593. The molecule has 2 atom stereocenters. The summed E-state index contributed by atoms with van der Waals surface area (Å²) < 4.78 is 5.18. The van der Waals surface area contributed by atoms with Crippen LogP contribution in [0.4, 0.5) is 4.79 Å². The van der Waals surface area contributed by atoms with Gasteiger partial charge in [-0.3, -0.25) is 0 Å². The maximum atomic E-state index is 11.7. The Kier molecular flexibility index (Phi) is 8.27. The number of amides is 1. The van der Waals surface area contributed by atoms with Crippen LogP contribution in [0.3, 0.4) is 0 Å². The number of ether oxygens (including phenoxy) is 1. The van der Waals surface area contributed by atoms with Crippen molar-refractivity contribution in [2.45, 2.75) is 103 Å². The zero-order valence-electron chi connectivity index (χ0n) is 16.2. The summed E-state index contributed by atoms with van der Waals surface area (Å²) in [7, 11) is -2.16. The van der Waals surface area contributed by atoms with Crippen LogP contribution in [0.2, 0.25) is 18.1 Å². The maximum Gasteiger partial charge on any atom is 0.407 e. The topological polar surface area (TPSA) is 78.8 Å². The highest BCUT2D eigenvalue weighted by Gasteiger charge is 2.37. The molecule has 0 aliphatic rings. The van der Waals surface area contributed by atoms with Gasteiger partial charge in [0.2, 0.25) is 0 Å². The molecular formula is C17H37NO4Si. The number of nitrogens with one attached hydrogen (secondary N) is 1. The number of hydrogen-bond donors (Lipinski definition) is 3. The van der Waals surface area contributed by atoms with Gasteiger partial charge in [-0.15, -0.1) is 0 Å². The summed E-state index contributed by atoms with van der Waals surface area (Å²) in [4.78, 5) is 21.9. The van der Waals surface area contributed by atoms with E-state index in [1.54, 1.807) is 27.7 Å². The number of aliphatic hydroxyl groups excluding tert-OH is 1. The van der Waals surface area contributed by atoms with E-state index in [-0.39, 0.29) is 11.1 Å². The number of alkyl carbamates (subject to hydrolysis) is 1. The second-order valence-electron chi connectivity index (χ2n) is 8.69. The molecule has 0 fully saturated rings. The van der Waals surface area contributed by atoms with E-state index in [0.717, 1.165) is 19.3 Å². The van der Waals surface area contributed by atoms with Gasteiger partial charge in [0.15, 0.2) is 8.32 Å². The lowest BCUT2D eigenvalue weighted by molar-refractivity contribution is 0.0426. The van der Waals surface area contributed by atoms with E-state index >= 15 is 0 Å². The molecule has 0 saturated carbocycles. The Balaban J connectivity index is 4.11. The SMILES string of the molecule is C[C@H](NC(=O)OC(C)(C)C)C(O)CCCCC(C)(C)[Si](C)(C)O. The van der Waals surface area contributed by atoms with E-state index in [1.807, 2.05) is 13.1 Å². The Bertz CT molecular complexity index is 372. The van der Waals surface area contributed by atoms with Crippen LogP contribution in [0.25, 0.3) is 0 Å². The lowest BCUT2D eigenvalue weighted by Gasteiger charge is -2.35. The molecule has 0 heterocycles. The fourth-order valence-corrected chi connectivity index (χ4v) is 2.85. The monoisotopic (exact) mass is 347 g/mol. The van der Waals surface area contributed by atoms with Crippen LogP contribution in [0.5, 0.6) is 0 Å². The van der Waals surface area contributed by atoms with Crippen LogP contribution in [-0.4, -0.2) is 42.1 Å². The third-order valence-corrected chi connectivity index (χ3v) is 8.09. The summed E-state index contributed by atoms with van der Waals surface area (Å²) in [6.45, 7) is 15.4. The van der Waals surface area contributed by atoms with Crippen molar-refractivity contribution in [1.29, 1.82) is 0 Å². The van der Waals surface area contributed by atoms with E-state index in [1.165, 1.54) is 0 Å². The highest BCUT2D eigenvalue weighted by molar-refractivity contribution is 6.72. The van der Waals surface area contributed by atoms with Crippen LogP contribution in [0, 0.1) is 0 Å². The maximum absolute atomic E-state index is 11.7. The van der Waals surface area contributed by atoms with Crippen molar-refractivity contribution >= 4 is 14.4 Å². The second-order valence-corrected chi connectivity index (χ2v) is 13.2. The molecule has 0 aliphatic heterocycles. The van der Waals surface area contributed by atoms with Crippen LogP contribution in [0.15, 0.2) is 0 Å². The number of carbonyl (C=O) groups excluding carboxylic acids is 1. The van der Waals surface area contributed by atoms with Gasteiger partial charge < -0.3 is 20.0 Å². The summed E-state index contributed by atoms with van der Waals surface area (Å²) in [6.07, 6.45) is 2.31. The molecule has 1 unspecified atom stereocenters. The molecule has 5 nitrogen and oxygen atoms in total. The zero-order valence-corrected chi connectivity index (χ0v) is 17.2. The van der Waals surface area contributed by atoms with E-state index < -0.39 is 26.1 Å². The van der Waals surface area contributed by atoms with Crippen molar-refractivity contribution in [1.82, 2.24) is 5.32 Å². The molecule has 0 aromatic rings. The molecule has 0 aliphatic carbocycles. The van der Waals surface area contributed by atoms with E-state index in [9.17, 15) is 14.7 Å². The van der Waals surface area contributed by atoms with Gasteiger partial charge in [0, 0.05) is 0 Å². The van der Waals surface area contributed by atoms with Gasteiger partial charge in [0.25, 0.3) is 0 Å². The molecule has 6 heteroatoms. The van der Waals surface area contributed by atoms with Crippen molar-refractivity contribution < 1.29 is 19.4 Å². The first-order valence-electron chi connectivity index (χ1n) is 8.56. The van der Waals surface area contributed by atoms with Gasteiger partial charge in [-0.2, -0.15) is 0 Å². The molecule has 0 radical (unpaired) electrons. The summed E-state index contributed by atoms with van der Waals surface area (Å²) in [5, 5.41) is 12.8. The van der Waals surface area contributed by atoms with Crippen LogP contribution >= 0.6 is 0 Å². The fraction of sp³-hybridized carbons (Fsp3) is 0.941. The second kappa shape index (κ2) is 8.49. The molecule has 0 aromatic heterocycles. The normalized spacial score (nSPS) is 15.9. The number of hydrogen-bond acceptors (Lipinski definition) is 4. The third kappa shape index (κ3) is 9.32. The Morgan fingerprint density at radius 3 is 2.13 bits per heavy atom. The van der Waals surface area contributed by atoms with Crippen molar-refractivity contribution in [3.8, 4) is 0 Å². The lowest BCUT2D eigenvalue weighted by Crippen LogP contribution is -2.43. The Labute approximate surface area is 142 Å². The minimum absolute atomic E-state index is 0.0294. The number of unbranched alkanes of at least 4 members (excludes halogenated alkanes) is 1. The van der Waals surface area contributed by atoms with E-state index in [4.69, 9.17) is 4.74 Å². The number of carbonyl (C=O) groups is 1. The van der Waals surface area contributed by atoms with E-state index in [0.29, 0.717) is 6.42 Å². The van der Waals surface area contributed by atoms with Gasteiger partial charge in [-0.1, -0.05) is 26.7 Å². The van der Waals surface area contributed by atoms with Crippen molar-refractivity contribution in [3.63, 3.8) is 0 Å². The number of rotatable bonds is 8. The quantitative estimate of drug-likeness (QED) is 0.461. The molecule has 1 amide bonds. The van der Waals surface area contributed by atoms with Crippen LogP contribution in [-0.2, 0) is 4.74 Å². The van der Waals surface area contributed by atoms with Gasteiger partial charge in [0.1, 0.15) is 5.60 Å². The highest BCUT2D eigenvalue weighted by Crippen LogP contribution is 2.40.